The van der Waals surface area contributed by atoms with E-state index in [1.807, 2.05) is 7.05 Å². The fourth-order valence-corrected chi connectivity index (χ4v) is 4.78. The molecule has 2 rings (SSSR count). The first-order valence-corrected chi connectivity index (χ1v) is 11.1. The lowest BCUT2D eigenvalue weighted by Gasteiger charge is -2.55. The van der Waals surface area contributed by atoms with Gasteiger partial charge < -0.3 is 25.2 Å². The molecule has 0 amide bonds. The van der Waals surface area contributed by atoms with Crippen LogP contribution >= 0.6 is 0 Å². The molecule has 158 valence electrons. The molecule has 1 aliphatic carbocycles. The number of hydrogen-bond acceptors (Lipinski definition) is 4. The van der Waals surface area contributed by atoms with Crippen molar-refractivity contribution >= 4 is 5.96 Å². The quantitative estimate of drug-likeness (QED) is 0.364. The second-order valence-corrected chi connectivity index (χ2v) is 8.17. The maximum Gasteiger partial charge on any atom is 0.191 e. The van der Waals surface area contributed by atoms with E-state index in [0.717, 1.165) is 44.8 Å². The molecule has 2 N–H and O–H groups in total. The SMILES string of the molecule is CCOC1CC(NC(=NC)NCCCN2CCCN(C)CC2)C1(CC)CC. The van der Waals surface area contributed by atoms with Crippen molar-refractivity contribution in [3.05, 3.63) is 0 Å². The minimum atomic E-state index is 0.242. The van der Waals surface area contributed by atoms with Crippen molar-refractivity contribution in [1.82, 2.24) is 20.4 Å². The molecule has 2 atom stereocenters. The molecule has 0 aromatic heterocycles. The zero-order valence-corrected chi connectivity index (χ0v) is 18.4. The van der Waals surface area contributed by atoms with Gasteiger partial charge in [0.15, 0.2) is 5.96 Å². The van der Waals surface area contributed by atoms with Gasteiger partial charge in [-0.25, -0.2) is 0 Å². The molecular weight excluding hydrogens is 338 g/mol. The Labute approximate surface area is 167 Å². The first-order chi connectivity index (χ1) is 13.1. The molecule has 6 heteroatoms. The third-order valence-electron chi connectivity index (χ3n) is 6.76. The molecule has 27 heavy (non-hydrogen) atoms. The van der Waals surface area contributed by atoms with Gasteiger partial charge in [0.1, 0.15) is 0 Å². The first-order valence-electron chi connectivity index (χ1n) is 11.1. The highest BCUT2D eigenvalue weighted by Gasteiger charge is 2.53. The Morgan fingerprint density at radius 1 is 1.15 bits per heavy atom. The molecule has 1 heterocycles. The second kappa shape index (κ2) is 11.2. The van der Waals surface area contributed by atoms with Gasteiger partial charge in [0.05, 0.1) is 6.10 Å². The van der Waals surface area contributed by atoms with Crippen LogP contribution in [0, 0.1) is 5.41 Å². The van der Waals surface area contributed by atoms with Crippen molar-refractivity contribution < 1.29 is 4.74 Å². The summed E-state index contributed by atoms with van der Waals surface area (Å²) in [5.41, 5.74) is 0.242. The van der Waals surface area contributed by atoms with Crippen LogP contribution in [0.5, 0.6) is 0 Å². The summed E-state index contributed by atoms with van der Waals surface area (Å²) in [6.07, 6.45) is 6.19. The Bertz CT molecular complexity index is 452. The highest BCUT2D eigenvalue weighted by atomic mass is 16.5. The Morgan fingerprint density at radius 2 is 1.93 bits per heavy atom. The highest BCUT2D eigenvalue weighted by molar-refractivity contribution is 5.80. The molecule has 1 saturated carbocycles. The lowest BCUT2D eigenvalue weighted by molar-refractivity contribution is -0.133. The number of aliphatic imine (C=N–C) groups is 1. The van der Waals surface area contributed by atoms with Crippen LogP contribution in [0.4, 0.5) is 0 Å². The molecular formula is C21H43N5O. The Kier molecular flexibility index (Phi) is 9.33. The van der Waals surface area contributed by atoms with E-state index in [1.165, 1.54) is 39.1 Å². The number of rotatable bonds is 9. The van der Waals surface area contributed by atoms with Gasteiger partial charge in [0.25, 0.3) is 0 Å². The van der Waals surface area contributed by atoms with Crippen molar-refractivity contribution in [2.24, 2.45) is 10.4 Å². The van der Waals surface area contributed by atoms with E-state index in [9.17, 15) is 0 Å². The van der Waals surface area contributed by atoms with Crippen LogP contribution < -0.4 is 10.6 Å². The Balaban J connectivity index is 1.72. The van der Waals surface area contributed by atoms with E-state index in [-0.39, 0.29) is 5.41 Å². The fourth-order valence-electron chi connectivity index (χ4n) is 4.78. The average Bonchev–Trinajstić information content (AvgIpc) is 2.88. The molecule has 0 aromatic carbocycles. The van der Waals surface area contributed by atoms with Crippen molar-refractivity contribution in [2.45, 2.75) is 65.0 Å². The van der Waals surface area contributed by atoms with Crippen molar-refractivity contribution in [3.8, 4) is 0 Å². The number of hydrogen-bond donors (Lipinski definition) is 2. The van der Waals surface area contributed by atoms with Crippen LogP contribution in [0.3, 0.4) is 0 Å². The van der Waals surface area contributed by atoms with E-state index >= 15 is 0 Å². The summed E-state index contributed by atoms with van der Waals surface area (Å²) in [5, 5.41) is 7.20. The third kappa shape index (κ3) is 5.81. The van der Waals surface area contributed by atoms with Gasteiger partial charge in [-0.2, -0.15) is 0 Å². The highest BCUT2D eigenvalue weighted by Crippen LogP contribution is 2.48. The summed E-state index contributed by atoms with van der Waals surface area (Å²) < 4.78 is 6.00. The molecule has 2 fully saturated rings. The molecule has 1 aliphatic heterocycles. The minimum absolute atomic E-state index is 0.242. The number of ether oxygens (including phenoxy) is 1. The van der Waals surface area contributed by atoms with Gasteiger partial charge in [0.2, 0.25) is 0 Å². The summed E-state index contributed by atoms with van der Waals surface area (Å²) in [6.45, 7) is 14.5. The van der Waals surface area contributed by atoms with Gasteiger partial charge in [0, 0.05) is 44.7 Å². The van der Waals surface area contributed by atoms with E-state index in [0.29, 0.717) is 12.1 Å². The topological polar surface area (TPSA) is 52.1 Å². The van der Waals surface area contributed by atoms with Gasteiger partial charge >= 0.3 is 0 Å². The van der Waals surface area contributed by atoms with E-state index in [4.69, 9.17) is 4.74 Å². The van der Waals surface area contributed by atoms with Crippen LogP contribution in [0.25, 0.3) is 0 Å². The molecule has 6 nitrogen and oxygen atoms in total. The molecule has 0 aromatic rings. The molecule has 0 bridgehead atoms. The molecule has 0 radical (unpaired) electrons. The molecule has 1 saturated heterocycles. The molecule has 2 aliphatic rings. The van der Waals surface area contributed by atoms with Crippen LogP contribution in [-0.2, 0) is 4.74 Å². The number of likely N-dealkylation sites (N-methyl/N-ethyl adjacent to an activating group) is 1. The van der Waals surface area contributed by atoms with Gasteiger partial charge in [-0.15, -0.1) is 0 Å². The lowest BCUT2D eigenvalue weighted by atomic mass is 9.58. The van der Waals surface area contributed by atoms with E-state index < -0.39 is 0 Å². The summed E-state index contributed by atoms with van der Waals surface area (Å²) in [4.78, 5) is 9.49. The summed E-state index contributed by atoms with van der Waals surface area (Å²) in [7, 11) is 4.10. The zero-order valence-electron chi connectivity index (χ0n) is 18.4. The standard InChI is InChI=1S/C21H43N5O/c1-6-21(7-2)18(17-19(21)27-8-3)24-20(22-4)23-11-9-13-26-14-10-12-25(5)15-16-26/h18-19H,6-17H2,1-5H3,(H2,22,23,24). The van der Waals surface area contributed by atoms with Crippen molar-refractivity contribution in [3.63, 3.8) is 0 Å². The smallest absolute Gasteiger partial charge is 0.191 e. The number of nitrogens with one attached hydrogen (secondary N) is 2. The van der Waals surface area contributed by atoms with Crippen molar-refractivity contribution in [2.75, 3.05) is 60.0 Å². The van der Waals surface area contributed by atoms with Crippen LogP contribution in [0.15, 0.2) is 4.99 Å². The Morgan fingerprint density at radius 3 is 2.59 bits per heavy atom. The fraction of sp³-hybridized carbons (Fsp3) is 0.952. The number of nitrogens with zero attached hydrogens (tertiary/aromatic N) is 3. The van der Waals surface area contributed by atoms with Crippen molar-refractivity contribution in [1.29, 1.82) is 0 Å². The maximum absolute atomic E-state index is 6.00. The third-order valence-corrected chi connectivity index (χ3v) is 6.76. The first kappa shape index (κ1) is 22.4. The largest absolute Gasteiger partial charge is 0.378 e. The predicted octanol–water partition coefficient (Wildman–Crippen LogP) is 2.16. The normalized spacial score (nSPS) is 27.1. The van der Waals surface area contributed by atoms with Gasteiger partial charge in [-0.1, -0.05) is 13.8 Å². The average molecular weight is 382 g/mol. The molecule has 0 spiro atoms. The van der Waals surface area contributed by atoms with Gasteiger partial charge in [-0.3, -0.25) is 4.99 Å². The summed E-state index contributed by atoms with van der Waals surface area (Å²) in [5.74, 6) is 0.942. The van der Waals surface area contributed by atoms with E-state index in [1.54, 1.807) is 0 Å². The van der Waals surface area contributed by atoms with Crippen LogP contribution in [0.1, 0.15) is 52.9 Å². The second-order valence-electron chi connectivity index (χ2n) is 8.17. The number of guanidine groups is 1. The molecule has 2 unspecified atom stereocenters. The monoisotopic (exact) mass is 381 g/mol. The van der Waals surface area contributed by atoms with Gasteiger partial charge in [-0.05, 0) is 65.7 Å². The minimum Gasteiger partial charge on any atom is -0.378 e. The summed E-state index contributed by atoms with van der Waals surface area (Å²) >= 11 is 0. The predicted molar refractivity (Wildman–Crippen MR) is 115 cm³/mol. The van der Waals surface area contributed by atoms with Crippen LogP contribution in [-0.4, -0.2) is 87.9 Å². The zero-order chi connectivity index (χ0) is 19.7. The lowest BCUT2D eigenvalue weighted by Crippen LogP contribution is -2.65. The maximum atomic E-state index is 6.00. The summed E-state index contributed by atoms with van der Waals surface area (Å²) in [6, 6.07) is 0.455. The Hall–Kier alpha value is -0.850. The van der Waals surface area contributed by atoms with E-state index in [2.05, 4.69) is 53.2 Å². The van der Waals surface area contributed by atoms with Crippen LogP contribution in [0.2, 0.25) is 0 Å².